The number of hydrogen-bond acceptors (Lipinski definition) is 5. The molecule has 1 heterocycles. The van der Waals surface area contributed by atoms with Crippen molar-refractivity contribution in [1.29, 1.82) is 0 Å². The number of aromatic nitrogens is 1. The van der Waals surface area contributed by atoms with Crippen LogP contribution in [0.2, 0.25) is 0 Å². The van der Waals surface area contributed by atoms with Crippen molar-refractivity contribution in [2.45, 2.75) is 0 Å². The molecule has 0 bridgehead atoms. The average Bonchev–Trinajstić information content (AvgIpc) is 2.77. The van der Waals surface area contributed by atoms with E-state index in [1.165, 1.54) is 6.20 Å². The van der Waals surface area contributed by atoms with E-state index in [0.717, 1.165) is 0 Å². The molecule has 2 amide bonds. The van der Waals surface area contributed by atoms with Crippen molar-refractivity contribution >= 4 is 17.5 Å². The van der Waals surface area contributed by atoms with Gasteiger partial charge in [-0.15, -0.1) is 0 Å². The van der Waals surface area contributed by atoms with Gasteiger partial charge in [-0.05, 0) is 42.5 Å². The van der Waals surface area contributed by atoms with E-state index < -0.39 is 0 Å². The number of pyridine rings is 1. The molecule has 1 aromatic heterocycles. The molecule has 148 valence electrons. The highest BCUT2D eigenvalue weighted by Gasteiger charge is 2.09. The van der Waals surface area contributed by atoms with E-state index in [2.05, 4.69) is 15.6 Å². The minimum Gasteiger partial charge on any atom is -0.497 e. The highest BCUT2D eigenvalue weighted by molar-refractivity contribution is 6.04. The normalized spacial score (nSPS) is 10.1. The quantitative estimate of drug-likeness (QED) is 0.576. The first-order valence-corrected chi connectivity index (χ1v) is 9.02. The van der Waals surface area contributed by atoms with Crippen LogP contribution in [0.5, 0.6) is 11.5 Å². The first-order valence-electron chi connectivity index (χ1n) is 9.02. The molecule has 0 saturated heterocycles. The topological polar surface area (TPSA) is 89.5 Å². The van der Waals surface area contributed by atoms with Crippen LogP contribution in [0, 0.1) is 0 Å². The Morgan fingerprint density at radius 1 is 0.931 bits per heavy atom. The molecule has 0 fully saturated rings. The minimum atomic E-state index is -0.289. The monoisotopic (exact) mass is 391 g/mol. The van der Waals surface area contributed by atoms with Crippen LogP contribution in [0.1, 0.15) is 20.7 Å². The summed E-state index contributed by atoms with van der Waals surface area (Å²) in [6.07, 6.45) is 3.08. The van der Waals surface area contributed by atoms with Gasteiger partial charge in [-0.25, -0.2) is 0 Å². The first-order chi connectivity index (χ1) is 14.2. The van der Waals surface area contributed by atoms with Crippen molar-refractivity contribution in [2.75, 3.05) is 25.6 Å². The van der Waals surface area contributed by atoms with Crippen molar-refractivity contribution in [1.82, 2.24) is 10.3 Å². The number of carbonyl (C=O) groups excluding carboxylic acids is 2. The standard InChI is InChI=1S/C22H21N3O4/c1-28-19-8-3-9-20(14-19)29-12-11-24-21(26)16-5-2-7-18(13-16)25-22(27)17-6-4-10-23-15-17/h2-10,13-15H,11-12H2,1H3,(H,24,26)(H,25,27). The molecular weight excluding hydrogens is 370 g/mol. The fourth-order valence-corrected chi connectivity index (χ4v) is 2.57. The maximum atomic E-state index is 12.4. The van der Waals surface area contributed by atoms with Crippen LogP contribution >= 0.6 is 0 Å². The van der Waals surface area contributed by atoms with Gasteiger partial charge in [-0.3, -0.25) is 14.6 Å². The Kier molecular flexibility index (Phi) is 6.78. The molecule has 0 spiro atoms. The zero-order valence-corrected chi connectivity index (χ0v) is 15.9. The molecule has 2 aromatic carbocycles. The van der Waals surface area contributed by atoms with Gasteiger partial charge in [0.15, 0.2) is 0 Å². The molecule has 7 heteroatoms. The molecule has 29 heavy (non-hydrogen) atoms. The van der Waals surface area contributed by atoms with Crippen LogP contribution in [0.15, 0.2) is 73.1 Å². The number of nitrogens with one attached hydrogen (secondary N) is 2. The second kappa shape index (κ2) is 9.89. The third-order valence-electron chi connectivity index (χ3n) is 4.00. The molecule has 7 nitrogen and oxygen atoms in total. The predicted octanol–water partition coefficient (Wildman–Crippen LogP) is 3.15. The van der Waals surface area contributed by atoms with Crippen molar-refractivity contribution in [3.05, 3.63) is 84.2 Å². The zero-order valence-electron chi connectivity index (χ0n) is 15.9. The van der Waals surface area contributed by atoms with Crippen LogP contribution in [0.3, 0.4) is 0 Å². The van der Waals surface area contributed by atoms with E-state index in [0.29, 0.717) is 41.5 Å². The Bertz CT molecular complexity index is 977. The fraction of sp³-hybridized carbons (Fsp3) is 0.136. The number of ether oxygens (including phenoxy) is 2. The summed E-state index contributed by atoms with van der Waals surface area (Å²) in [6, 6.07) is 17.3. The largest absolute Gasteiger partial charge is 0.497 e. The van der Waals surface area contributed by atoms with Gasteiger partial charge in [0.05, 0.1) is 19.2 Å². The Hall–Kier alpha value is -3.87. The molecule has 2 N–H and O–H groups in total. The van der Waals surface area contributed by atoms with Crippen LogP contribution < -0.4 is 20.1 Å². The van der Waals surface area contributed by atoms with Crippen LogP contribution in [-0.4, -0.2) is 37.1 Å². The maximum absolute atomic E-state index is 12.4. The van der Waals surface area contributed by atoms with E-state index in [4.69, 9.17) is 9.47 Å². The summed E-state index contributed by atoms with van der Waals surface area (Å²) in [5, 5.41) is 5.55. The molecule has 0 aliphatic rings. The van der Waals surface area contributed by atoms with Gasteiger partial charge in [0.1, 0.15) is 18.1 Å². The van der Waals surface area contributed by atoms with Crippen molar-refractivity contribution < 1.29 is 19.1 Å². The number of nitrogens with zero attached hydrogens (tertiary/aromatic N) is 1. The van der Waals surface area contributed by atoms with Gasteiger partial charge < -0.3 is 20.1 Å². The number of benzene rings is 2. The third kappa shape index (κ3) is 5.80. The van der Waals surface area contributed by atoms with Crippen LogP contribution in [-0.2, 0) is 0 Å². The van der Waals surface area contributed by atoms with E-state index in [9.17, 15) is 9.59 Å². The molecule has 0 aliphatic carbocycles. The average molecular weight is 391 g/mol. The fourth-order valence-electron chi connectivity index (χ4n) is 2.57. The number of methoxy groups -OCH3 is 1. The lowest BCUT2D eigenvalue weighted by Gasteiger charge is -2.10. The van der Waals surface area contributed by atoms with E-state index in [1.54, 1.807) is 55.8 Å². The minimum absolute atomic E-state index is 0.253. The zero-order chi connectivity index (χ0) is 20.5. The molecule has 0 saturated carbocycles. The number of rotatable bonds is 8. The first kappa shape index (κ1) is 19.9. The van der Waals surface area contributed by atoms with Gasteiger partial charge in [0, 0.05) is 29.7 Å². The Morgan fingerprint density at radius 2 is 1.72 bits per heavy atom. The smallest absolute Gasteiger partial charge is 0.257 e. The Balaban J connectivity index is 1.50. The highest BCUT2D eigenvalue weighted by Crippen LogP contribution is 2.18. The molecule has 0 unspecified atom stereocenters. The van der Waals surface area contributed by atoms with E-state index in [1.807, 2.05) is 18.2 Å². The summed E-state index contributed by atoms with van der Waals surface area (Å²) in [6.45, 7) is 0.651. The molecule has 0 radical (unpaired) electrons. The van der Waals surface area contributed by atoms with Crippen molar-refractivity contribution in [2.24, 2.45) is 0 Å². The van der Waals surface area contributed by atoms with Gasteiger partial charge in [0.2, 0.25) is 0 Å². The SMILES string of the molecule is COc1cccc(OCCNC(=O)c2cccc(NC(=O)c3cccnc3)c2)c1. The molecule has 3 aromatic rings. The Morgan fingerprint density at radius 3 is 2.52 bits per heavy atom. The van der Waals surface area contributed by atoms with Crippen LogP contribution in [0.25, 0.3) is 0 Å². The molecule has 0 aliphatic heterocycles. The number of carbonyl (C=O) groups is 2. The third-order valence-corrected chi connectivity index (χ3v) is 4.00. The van der Waals surface area contributed by atoms with Crippen LogP contribution in [0.4, 0.5) is 5.69 Å². The predicted molar refractivity (Wildman–Crippen MR) is 109 cm³/mol. The summed E-state index contributed by atoms with van der Waals surface area (Å²) >= 11 is 0. The Labute approximate surface area is 168 Å². The number of hydrogen-bond donors (Lipinski definition) is 2. The lowest BCUT2D eigenvalue weighted by Crippen LogP contribution is -2.28. The maximum Gasteiger partial charge on any atom is 0.257 e. The molecule has 3 rings (SSSR count). The van der Waals surface area contributed by atoms with Gasteiger partial charge in [-0.1, -0.05) is 12.1 Å². The van der Waals surface area contributed by atoms with Gasteiger partial charge in [0.25, 0.3) is 11.8 Å². The summed E-state index contributed by atoms with van der Waals surface area (Å²) < 4.78 is 10.7. The number of amides is 2. The highest BCUT2D eigenvalue weighted by atomic mass is 16.5. The van der Waals surface area contributed by atoms with Crippen molar-refractivity contribution in [3.8, 4) is 11.5 Å². The molecular formula is C22H21N3O4. The number of anilines is 1. The van der Waals surface area contributed by atoms with E-state index in [-0.39, 0.29) is 11.8 Å². The van der Waals surface area contributed by atoms with Crippen molar-refractivity contribution in [3.63, 3.8) is 0 Å². The summed E-state index contributed by atoms with van der Waals surface area (Å²) in [5.74, 6) is 0.828. The molecule has 0 atom stereocenters. The lowest BCUT2D eigenvalue weighted by atomic mass is 10.1. The summed E-state index contributed by atoms with van der Waals surface area (Å²) in [5.41, 5.74) is 1.41. The van der Waals surface area contributed by atoms with E-state index >= 15 is 0 Å². The second-order valence-corrected chi connectivity index (χ2v) is 6.06. The summed E-state index contributed by atoms with van der Waals surface area (Å²) in [7, 11) is 1.59. The van der Waals surface area contributed by atoms with Gasteiger partial charge >= 0.3 is 0 Å². The second-order valence-electron chi connectivity index (χ2n) is 6.06. The lowest BCUT2D eigenvalue weighted by molar-refractivity contribution is 0.0945. The summed E-state index contributed by atoms with van der Waals surface area (Å²) in [4.78, 5) is 28.5. The van der Waals surface area contributed by atoms with Gasteiger partial charge in [-0.2, -0.15) is 0 Å².